The van der Waals surface area contributed by atoms with Gasteiger partial charge in [-0.25, -0.2) is 4.79 Å². The maximum absolute atomic E-state index is 12.2. The fourth-order valence-electron chi connectivity index (χ4n) is 2.12. The van der Waals surface area contributed by atoms with Crippen molar-refractivity contribution in [1.29, 1.82) is 0 Å². The number of carbonyl (C=O) groups excluding carboxylic acids is 1. The highest BCUT2D eigenvalue weighted by Crippen LogP contribution is 2.17. The molecule has 0 spiro atoms. The van der Waals surface area contributed by atoms with E-state index in [-0.39, 0.29) is 12.1 Å². The van der Waals surface area contributed by atoms with E-state index in [4.69, 9.17) is 9.47 Å². The van der Waals surface area contributed by atoms with Crippen LogP contribution in [0.15, 0.2) is 0 Å². The number of carbonyl (C=O) groups is 1. The summed E-state index contributed by atoms with van der Waals surface area (Å²) in [6, 6.07) is 0.0496. The summed E-state index contributed by atoms with van der Waals surface area (Å²) in [5, 5.41) is 3.43. The lowest BCUT2D eigenvalue weighted by Crippen LogP contribution is -2.54. The van der Waals surface area contributed by atoms with Crippen LogP contribution in [0.2, 0.25) is 0 Å². The second kappa shape index (κ2) is 7.45. The van der Waals surface area contributed by atoms with Crippen LogP contribution in [0.3, 0.4) is 0 Å². The number of morpholine rings is 1. The first-order chi connectivity index (χ1) is 9.58. The molecule has 1 aliphatic heterocycles. The molecule has 1 saturated heterocycles. The summed E-state index contributed by atoms with van der Waals surface area (Å²) < 4.78 is 11.0. The van der Waals surface area contributed by atoms with Gasteiger partial charge in [0.2, 0.25) is 0 Å². The van der Waals surface area contributed by atoms with Crippen LogP contribution < -0.4 is 5.32 Å². The summed E-state index contributed by atoms with van der Waals surface area (Å²) >= 11 is 0. The first-order valence-corrected chi connectivity index (χ1v) is 7.86. The molecule has 1 atom stereocenters. The first-order valence-electron chi connectivity index (χ1n) is 7.86. The molecule has 21 heavy (non-hydrogen) atoms. The Labute approximate surface area is 129 Å². The van der Waals surface area contributed by atoms with Gasteiger partial charge in [-0.3, -0.25) is 4.90 Å². The van der Waals surface area contributed by atoms with Gasteiger partial charge in [0, 0.05) is 13.1 Å². The second-order valence-electron chi connectivity index (χ2n) is 7.92. The van der Waals surface area contributed by atoms with Crippen molar-refractivity contribution in [3.05, 3.63) is 0 Å². The van der Waals surface area contributed by atoms with Gasteiger partial charge in [0.15, 0.2) is 0 Å². The number of rotatable bonds is 4. The SMILES string of the molecule is CC(C)(C)CCNCC1COCCN1C(=O)OC(C)(C)C. The monoisotopic (exact) mass is 300 g/mol. The number of hydrogen-bond donors (Lipinski definition) is 1. The van der Waals surface area contributed by atoms with Crippen molar-refractivity contribution in [3.8, 4) is 0 Å². The van der Waals surface area contributed by atoms with Crippen LogP contribution in [-0.2, 0) is 9.47 Å². The summed E-state index contributed by atoms with van der Waals surface area (Å²) in [5.41, 5.74) is -0.138. The Morgan fingerprint density at radius 1 is 1.29 bits per heavy atom. The Kier molecular flexibility index (Phi) is 6.47. The van der Waals surface area contributed by atoms with Gasteiger partial charge in [-0.2, -0.15) is 0 Å². The van der Waals surface area contributed by atoms with E-state index in [9.17, 15) is 4.79 Å². The molecular weight excluding hydrogens is 268 g/mol. The van der Waals surface area contributed by atoms with Crippen LogP contribution >= 0.6 is 0 Å². The Morgan fingerprint density at radius 3 is 2.52 bits per heavy atom. The zero-order valence-corrected chi connectivity index (χ0v) is 14.5. The van der Waals surface area contributed by atoms with Gasteiger partial charge in [-0.05, 0) is 39.2 Å². The summed E-state index contributed by atoms with van der Waals surface area (Å²) in [6.07, 6.45) is 0.862. The zero-order valence-electron chi connectivity index (χ0n) is 14.5. The number of amides is 1. The molecule has 5 heteroatoms. The van der Waals surface area contributed by atoms with E-state index < -0.39 is 5.60 Å². The van der Waals surface area contributed by atoms with E-state index >= 15 is 0 Å². The minimum absolute atomic E-state index is 0.0496. The van der Waals surface area contributed by atoms with Crippen LogP contribution in [0, 0.1) is 5.41 Å². The first kappa shape index (κ1) is 18.2. The van der Waals surface area contributed by atoms with Gasteiger partial charge in [0.25, 0.3) is 0 Å². The van der Waals surface area contributed by atoms with Crippen molar-refractivity contribution in [1.82, 2.24) is 10.2 Å². The quantitative estimate of drug-likeness (QED) is 0.811. The van der Waals surface area contributed by atoms with Crippen molar-refractivity contribution in [3.63, 3.8) is 0 Å². The Morgan fingerprint density at radius 2 is 1.95 bits per heavy atom. The number of hydrogen-bond acceptors (Lipinski definition) is 4. The second-order valence-corrected chi connectivity index (χ2v) is 7.92. The Bertz CT molecular complexity index is 331. The number of nitrogens with zero attached hydrogens (tertiary/aromatic N) is 1. The number of nitrogens with one attached hydrogen (secondary N) is 1. The molecule has 5 nitrogen and oxygen atoms in total. The molecule has 1 fully saturated rings. The normalized spacial score (nSPS) is 20.5. The fraction of sp³-hybridized carbons (Fsp3) is 0.938. The van der Waals surface area contributed by atoms with Crippen molar-refractivity contribution in [2.45, 2.75) is 59.6 Å². The Balaban J connectivity index is 2.44. The average Bonchev–Trinajstić information content (AvgIpc) is 2.32. The van der Waals surface area contributed by atoms with Crippen molar-refractivity contribution < 1.29 is 14.3 Å². The van der Waals surface area contributed by atoms with Crippen molar-refractivity contribution in [2.24, 2.45) is 5.41 Å². The highest BCUT2D eigenvalue weighted by molar-refractivity contribution is 5.68. The maximum Gasteiger partial charge on any atom is 0.410 e. The molecule has 0 saturated carbocycles. The summed E-state index contributed by atoms with van der Waals surface area (Å²) in [5.74, 6) is 0. The molecule has 0 aliphatic carbocycles. The molecule has 0 radical (unpaired) electrons. The molecule has 0 aromatic heterocycles. The van der Waals surface area contributed by atoms with E-state index in [2.05, 4.69) is 26.1 Å². The van der Waals surface area contributed by atoms with Gasteiger partial charge in [0.05, 0.1) is 19.3 Å². The lowest BCUT2D eigenvalue weighted by atomic mass is 9.92. The predicted octanol–water partition coefficient (Wildman–Crippen LogP) is 2.65. The summed E-state index contributed by atoms with van der Waals surface area (Å²) in [6.45, 7) is 15.8. The third-order valence-electron chi connectivity index (χ3n) is 3.29. The van der Waals surface area contributed by atoms with E-state index in [1.54, 1.807) is 4.90 Å². The van der Waals surface area contributed by atoms with Gasteiger partial charge < -0.3 is 14.8 Å². The van der Waals surface area contributed by atoms with E-state index in [0.717, 1.165) is 19.5 Å². The predicted molar refractivity (Wildman–Crippen MR) is 84.5 cm³/mol. The highest BCUT2D eigenvalue weighted by Gasteiger charge is 2.30. The minimum Gasteiger partial charge on any atom is -0.444 e. The molecule has 0 aromatic rings. The summed E-state index contributed by atoms with van der Waals surface area (Å²) in [4.78, 5) is 14.0. The largest absolute Gasteiger partial charge is 0.444 e. The molecule has 1 aliphatic rings. The Hall–Kier alpha value is -0.810. The molecule has 124 valence electrons. The molecule has 1 amide bonds. The lowest BCUT2D eigenvalue weighted by molar-refractivity contribution is -0.0317. The third kappa shape index (κ3) is 7.67. The van der Waals surface area contributed by atoms with Gasteiger partial charge in [-0.1, -0.05) is 20.8 Å². The van der Waals surface area contributed by atoms with Crippen molar-refractivity contribution in [2.75, 3.05) is 32.8 Å². The molecule has 0 bridgehead atoms. The van der Waals surface area contributed by atoms with Gasteiger partial charge in [0.1, 0.15) is 5.60 Å². The summed E-state index contributed by atoms with van der Waals surface area (Å²) in [7, 11) is 0. The van der Waals surface area contributed by atoms with Gasteiger partial charge >= 0.3 is 6.09 Å². The standard InChI is InChI=1S/C16H32N2O3/c1-15(2,3)7-8-17-11-13-12-20-10-9-18(13)14(19)21-16(4,5)6/h13,17H,7-12H2,1-6H3. The van der Waals surface area contributed by atoms with Crippen molar-refractivity contribution >= 4 is 6.09 Å². The number of ether oxygens (including phenoxy) is 2. The maximum atomic E-state index is 12.2. The topological polar surface area (TPSA) is 50.8 Å². The fourth-order valence-corrected chi connectivity index (χ4v) is 2.12. The molecular formula is C16H32N2O3. The zero-order chi connectivity index (χ0) is 16.1. The molecule has 0 aromatic carbocycles. The molecule has 1 N–H and O–H groups in total. The third-order valence-corrected chi connectivity index (χ3v) is 3.29. The average molecular weight is 300 g/mol. The van der Waals surface area contributed by atoms with Crippen LogP contribution in [0.4, 0.5) is 4.79 Å². The molecule has 1 heterocycles. The van der Waals surface area contributed by atoms with E-state index in [0.29, 0.717) is 25.2 Å². The minimum atomic E-state index is -0.459. The van der Waals surface area contributed by atoms with Crippen LogP contribution in [0.5, 0.6) is 0 Å². The van der Waals surface area contributed by atoms with E-state index in [1.165, 1.54) is 0 Å². The van der Waals surface area contributed by atoms with Crippen LogP contribution in [-0.4, -0.2) is 55.5 Å². The van der Waals surface area contributed by atoms with Gasteiger partial charge in [-0.15, -0.1) is 0 Å². The smallest absolute Gasteiger partial charge is 0.410 e. The van der Waals surface area contributed by atoms with Crippen LogP contribution in [0.1, 0.15) is 48.0 Å². The lowest BCUT2D eigenvalue weighted by Gasteiger charge is -2.36. The van der Waals surface area contributed by atoms with E-state index in [1.807, 2.05) is 20.8 Å². The molecule has 1 unspecified atom stereocenters. The molecule has 1 rings (SSSR count). The van der Waals surface area contributed by atoms with Crippen LogP contribution in [0.25, 0.3) is 0 Å². The highest BCUT2D eigenvalue weighted by atomic mass is 16.6.